The summed E-state index contributed by atoms with van der Waals surface area (Å²) < 4.78 is 5.50. The SMILES string of the molecule is CCCCc1ccc(C(=O)Nc2ccccc2[C@H]2SCC(=O)N2c2ccccc2OC)cc1. The average Bonchev–Trinajstić information content (AvgIpc) is 3.24. The Morgan fingerprint density at radius 3 is 2.55 bits per heavy atom. The molecule has 0 aromatic heterocycles. The van der Waals surface area contributed by atoms with Gasteiger partial charge in [0.2, 0.25) is 5.91 Å². The minimum absolute atomic E-state index is 0.0123. The first-order chi connectivity index (χ1) is 16.1. The van der Waals surface area contributed by atoms with Crippen molar-refractivity contribution in [1.29, 1.82) is 0 Å². The smallest absolute Gasteiger partial charge is 0.255 e. The molecule has 0 unspecified atom stereocenters. The third kappa shape index (κ3) is 5.06. The van der Waals surface area contributed by atoms with Gasteiger partial charge in [-0.3, -0.25) is 14.5 Å². The molecule has 1 aliphatic rings. The van der Waals surface area contributed by atoms with Gasteiger partial charge < -0.3 is 10.1 Å². The van der Waals surface area contributed by atoms with Crippen LogP contribution in [-0.4, -0.2) is 24.7 Å². The number of hydrogen-bond donors (Lipinski definition) is 1. The van der Waals surface area contributed by atoms with Crippen molar-refractivity contribution in [3.63, 3.8) is 0 Å². The van der Waals surface area contributed by atoms with Gasteiger partial charge in [-0.1, -0.05) is 55.8 Å². The van der Waals surface area contributed by atoms with Crippen LogP contribution in [0.4, 0.5) is 11.4 Å². The van der Waals surface area contributed by atoms with Crippen molar-refractivity contribution in [2.75, 3.05) is 23.1 Å². The van der Waals surface area contributed by atoms with Crippen LogP contribution in [0, 0.1) is 0 Å². The number of hydrogen-bond acceptors (Lipinski definition) is 4. The molecule has 33 heavy (non-hydrogen) atoms. The van der Waals surface area contributed by atoms with Crippen LogP contribution >= 0.6 is 11.8 Å². The van der Waals surface area contributed by atoms with Crippen LogP contribution in [0.1, 0.15) is 46.6 Å². The summed E-state index contributed by atoms with van der Waals surface area (Å²) in [6.07, 6.45) is 3.30. The van der Waals surface area contributed by atoms with E-state index in [1.807, 2.05) is 72.8 Å². The Kier molecular flexibility index (Phi) is 7.35. The average molecular weight is 461 g/mol. The fraction of sp³-hybridized carbons (Fsp3) is 0.259. The Labute approximate surface area is 199 Å². The van der Waals surface area contributed by atoms with E-state index < -0.39 is 0 Å². The number of carbonyl (C=O) groups is 2. The molecule has 3 aromatic carbocycles. The summed E-state index contributed by atoms with van der Waals surface area (Å²) in [5.41, 5.74) is 4.16. The molecular formula is C27H28N2O3S. The molecule has 1 heterocycles. The predicted octanol–water partition coefficient (Wildman–Crippen LogP) is 6.07. The third-order valence-electron chi connectivity index (χ3n) is 5.72. The molecule has 2 amide bonds. The first-order valence-electron chi connectivity index (χ1n) is 11.2. The number of benzene rings is 3. The number of nitrogens with zero attached hydrogens (tertiary/aromatic N) is 1. The van der Waals surface area contributed by atoms with Crippen molar-refractivity contribution in [2.45, 2.75) is 31.6 Å². The summed E-state index contributed by atoms with van der Waals surface area (Å²) in [6.45, 7) is 2.17. The number of thioether (sulfide) groups is 1. The lowest BCUT2D eigenvalue weighted by Crippen LogP contribution is -2.29. The maximum absolute atomic E-state index is 13.0. The topological polar surface area (TPSA) is 58.6 Å². The number of unbranched alkanes of at least 4 members (excludes halogenated alkanes) is 1. The molecule has 170 valence electrons. The van der Waals surface area contributed by atoms with Gasteiger partial charge >= 0.3 is 0 Å². The molecule has 1 atom stereocenters. The molecule has 5 nitrogen and oxygen atoms in total. The van der Waals surface area contributed by atoms with Crippen molar-refractivity contribution < 1.29 is 14.3 Å². The number of nitrogens with one attached hydrogen (secondary N) is 1. The Bertz CT molecular complexity index is 1130. The Balaban J connectivity index is 1.59. The van der Waals surface area contributed by atoms with E-state index in [0.29, 0.717) is 22.8 Å². The lowest BCUT2D eigenvalue weighted by atomic mass is 10.1. The van der Waals surface area contributed by atoms with E-state index in [2.05, 4.69) is 12.2 Å². The standard InChI is InChI=1S/C27H28N2O3S/c1-3-4-9-19-14-16-20(17-15-19)26(31)28-22-11-6-5-10-21(22)27-29(25(30)18-33-27)23-12-7-8-13-24(23)32-2/h5-8,10-17,27H,3-4,9,18H2,1-2H3,(H,28,31)/t27-/m1/s1. The van der Waals surface area contributed by atoms with Crippen molar-refractivity contribution >= 4 is 35.0 Å². The molecule has 0 aliphatic carbocycles. The third-order valence-corrected chi connectivity index (χ3v) is 6.92. The Morgan fingerprint density at radius 2 is 1.79 bits per heavy atom. The highest BCUT2D eigenvalue weighted by atomic mass is 32.2. The fourth-order valence-corrected chi connectivity index (χ4v) is 5.17. The highest BCUT2D eigenvalue weighted by molar-refractivity contribution is 8.00. The van der Waals surface area contributed by atoms with E-state index in [4.69, 9.17) is 4.74 Å². The van der Waals surface area contributed by atoms with E-state index in [1.165, 1.54) is 5.56 Å². The molecule has 1 aliphatic heterocycles. The number of carbonyl (C=O) groups excluding carboxylic acids is 2. The largest absolute Gasteiger partial charge is 0.495 e. The molecule has 0 radical (unpaired) electrons. The number of anilines is 2. The lowest BCUT2D eigenvalue weighted by molar-refractivity contribution is -0.115. The van der Waals surface area contributed by atoms with Gasteiger partial charge in [0.15, 0.2) is 0 Å². The highest BCUT2D eigenvalue weighted by Gasteiger charge is 2.36. The van der Waals surface area contributed by atoms with Crippen LogP contribution in [0.25, 0.3) is 0 Å². The number of para-hydroxylation sites is 3. The van der Waals surface area contributed by atoms with Crippen LogP contribution in [0.2, 0.25) is 0 Å². The van der Waals surface area contributed by atoms with Gasteiger partial charge in [-0.05, 0) is 48.7 Å². The number of rotatable bonds is 8. The normalized spacial score (nSPS) is 15.5. The molecule has 1 saturated heterocycles. The Morgan fingerprint density at radius 1 is 1.06 bits per heavy atom. The monoisotopic (exact) mass is 460 g/mol. The van der Waals surface area contributed by atoms with Crippen molar-refractivity contribution in [2.24, 2.45) is 0 Å². The summed E-state index contributed by atoms with van der Waals surface area (Å²) in [4.78, 5) is 27.6. The van der Waals surface area contributed by atoms with Gasteiger partial charge in [0.05, 0.1) is 18.6 Å². The van der Waals surface area contributed by atoms with Crippen LogP contribution in [-0.2, 0) is 11.2 Å². The van der Waals surface area contributed by atoms with E-state index in [9.17, 15) is 9.59 Å². The summed E-state index contributed by atoms with van der Waals surface area (Å²) in [7, 11) is 1.60. The number of ether oxygens (including phenoxy) is 1. The second-order valence-corrected chi connectivity index (χ2v) is 9.01. The van der Waals surface area contributed by atoms with Gasteiger partial charge in [-0.25, -0.2) is 0 Å². The maximum Gasteiger partial charge on any atom is 0.255 e. The minimum atomic E-state index is -0.262. The summed E-state index contributed by atoms with van der Waals surface area (Å²) in [5, 5.41) is 2.80. The highest BCUT2D eigenvalue weighted by Crippen LogP contribution is 2.46. The second-order valence-electron chi connectivity index (χ2n) is 7.94. The van der Waals surface area contributed by atoms with Crippen LogP contribution in [0.15, 0.2) is 72.8 Å². The molecule has 6 heteroatoms. The predicted molar refractivity (Wildman–Crippen MR) is 135 cm³/mol. The number of amides is 2. The van der Waals surface area contributed by atoms with Gasteiger partial charge in [0.25, 0.3) is 5.91 Å². The fourth-order valence-electron chi connectivity index (χ4n) is 3.97. The molecular weight excluding hydrogens is 432 g/mol. The van der Waals surface area contributed by atoms with E-state index in [-0.39, 0.29) is 17.2 Å². The first kappa shape index (κ1) is 22.9. The number of aryl methyl sites for hydroxylation is 1. The van der Waals surface area contributed by atoms with Crippen LogP contribution in [0.5, 0.6) is 5.75 Å². The molecule has 1 N–H and O–H groups in total. The molecule has 3 aromatic rings. The quantitative estimate of drug-likeness (QED) is 0.443. The summed E-state index contributed by atoms with van der Waals surface area (Å²) in [5.74, 6) is 0.855. The maximum atomic E-state index is 13.0. The zero-order valence-electron chi connectivity index (χ0n) is 18.9. The van der Waals surface area contributed by atoms with Crippen LogP contribution < -0.4 is 15.0 Å². The first-order valence-corrected chi connectivity index (χ1v) is 12.2. The van der Waals surface area contributed by atoms with Gasteiger partial charge in [-0.15, -0.1) is 11.8 Å². The molecule has 0 saturated carbocycles. The molecule has 4 rings (SSSR count). The van der Waals surface area contributed by atoms with Gasteiger partial charge in [-0.2, -0.15) is 0 Å². The molecule has 0 spiro atoms. The molecule has 1 fully saturated rings. The number of methoxy groups -OCH3 is 1. The van der Waals surface area contributed by atoms with Crippen molar-refractivity contribution in [1.82, 2.24) is 0 Å². The van der Waals surface area contributed by atoms with Crippen molar-refractivity contribution in [3.05, 3.63) is 89.5 Å². The second kappa shape index (κ2) is 10.6. The minimum Gasteiger partial charge on any atom is -0.495 e. The summed E-state index contributed by atoms with van der Waals surface area (Å²) in [6, 6.07) is 23.0. The Hall–Kier alpha value is -3.25. The lowest BCUT2D eigenvalue weighted by Gasteiger charge is -2.27. The van der Waals surface area contributed by atoms with Crippen LogP contribution in [0.3, 0.4) is 0 Å². The van der Waals surface area contributed by atoms with Crippen molar-refractivity contribution in [3.8, 4) is 5.75 Å². The van der Waals surface area contributed by atoms with Gasteiger partial charge in [0, 0.05) is 16.8 Å². The van der Waals surface area contributed by atoms with E-state index in [0.717, 1.165) is 30.5 Å². The zero-order valence-corrected chi connectivity index (χ0v) is 19.7. The zero-order chi connectivity index (χ0) is 23.2. The van der Waals surface area contributed by atoms with E-state index >= 15 is 0 Å². The molecule has 0 bridgehead atoms. The summed E-state index contributed by atoms with van der Waals surface area (Å²) >= 11 is 1.54. The van der Waals surface area contributed by atoms with Gasteiger partial charge in [0.1, 0.15) is 11.1 Å². The van der Waals surface area contributed by atoms with E-state index in [1.54, 1.807) is 23.8 Å².